The minimum Gasteiger partial charge on any atom is -0.356 e. The van der Waals surface area contributed by atoms with E-state index in [2.05, 4.69) is 15.6 Å². The molecule has 1 heterocycles. The summed E-state index contributed by atoms with van der Waals surface area (Å²) in [7, 11) is 0. The van der Waals surface area contributed by atoms with E-state index >= 15 is 0 Å². The van der Waals surface area contributed by atoms with Crippen LogP contribution in [0.15, 0.2) is 24.5 Å². The Labute approximate surface area is 87.9 Å². The topological polar surface area (TPSA) is 71.1 Å². The Bertz CT molecular complexity index is 338. The third-order valence-electron chi connectivity index (χ3n) is 1.64. The molecule has 0 saturated heterocycles. The van der Waals surface area contributed by atoms with Crippen LogP contribution in [0.1, 0.15) is 13.3 Å². The molecule has 2 amide bonds. The number of rotatable bonds is 4. The van der Waals surface area contributed by atoms with Gasteiger partial charge in [-0.3, -0.25) is 14.6 Å². The maximum absolute atomic E-state index is 11.3. The molecule has 1 aromatic rings. The molecule has 0 aromatic carbocycles. The number of hydrogen-bond donors (Lipinski definition) is 2. The van der Waals surface area contributed by atoms with Crippen LogP contribution in [0.3, 0.4) is 0 Å². The Morgan fingerprint density at radius 3 is 2.80 bits per heavy atom. The van der Waals surface area contributed by atoms with Crippen LogP contribution in [0.5, 0.6) is 0 Å². The molecule has 0 radical (unpaired) electrons. The van der Waals surface area contributed by atoms with Gasteiger partial charge >= 0.3 is 0 Å². The van der Waals surface area contributed by atoms with Gasteiger partial charge in [0.1, 0.15) is 6.42 Å². The van der Waals surface area contributed by atoms with E-state index < -0.39 is 0 Å². The molecule has 0 saturated carbocycles. The van der Waals surface area contributed by atoms with Crippen LogP contribution < -0.4 is 10.6 Å². The third kappa shape index (κ3) is 4.21. The maximum Gasteiger partial charge on any atom is 0.233 e. The van der Waals surface area contributed by atoms with E-state index in [4.69, 9.17) is 0 Å². The highest BCUT2D eigenvalue weighted by Gasteiger charge is 2.07. The molecular formula is C10H13N3O2. The highest BCUT2D eigenvalue weighted by molar-refractivity contribution is 6.03. The van der Waals surface area contributed by atoms with Gasteiger partial charge in [-0.15, -0.1) is 0 Å². The molecule has 0 aliphatic carbocycles. The van der Waals surface area contributed by atoms with Crippen molar-refractivity contribution < 1.29 is 9.59 Å². The number of aromatic nitrogens is 1. The number of amides is 2. The van der Waals surface area contributed by atoms with Crippen LogP contribution in [0.4, 0.5) is 5.69 Å². The first-order chi connectivity index (χ1) is 7.22. The fourth-order valence-electron chi connectivity index (χ4n) is 1.05. The number of nitrogens with one attached hydrogen (secondary N) is 2. The van der Waals surface area contributed by atoms with Crippen LogP contribution in [-0.2, 0) is 9.59 Å². The number of carbonyl (C=O) groups excluding carboxylic acids is 2. The molecule has 2 N–H and O–H groups in total. The summed E-state index contributed by atoms with van der Waals surface area (Å²) in [5, 5.41) is 5.12. The molecule has 0 bridgehead atoms. The van der Waals surface area contributed by atoms with Gasteiger partial charge < -0.3 is 10.6 Å². The molecule has 0 aliphatic heterocycles. The summed E-state index contributed by atoms with van der Waals surface area (Å²) >= 11 is 0. The largest absolute Gasteiger partial charge is 0.356 e. The van der Waals surface area contributed by atoms with E-state index in [9.17, 15) is 9.59 Å². The number of hydrogen-bond acceptors (Lipinski definition) is 3. The molecular weight excluding hydrogens is 194 g/mol. The quantitative estimate of drug-likeness (QED) is 0.708. The van der Waals surface area contributed by atoms with Crippen molar-refractivity contribution in [2.45, 2.75) is 13.3 Å². The van der Waals surface area contributed by atoms with Crippen molar-refractivity contribution >= 4 is 17.5 Å². The number of pyridine rings is 1. The molecule has 1 rings (SSSR count). The van der Waals surface area contributed by atoms with Crippen molar-refractivity contribution in [1.82, 2.24) is 10.3 Å². The van der Waals surface area contributed by atoms with E-state index in [0.29, 0.717) is 12.2 Å². The molecule has 15 heavy (non-hydrogen) atoms. The molecule has 0 unspecified atom stereocenters. The zero-order valence-corrected chi connectivity index (χ0v) is 8.49. The molecule has 0 spiro atoms. The highest BCUT2D eigenvalue weighted by Crippen LogP contribution is 2.02. The van der Waals surface area contributed by atoms with Gasteiger partial charge in [0.05, 0.1) is 11.9 Å². The van der Waals surface area contributed by atoms with Crippen molar-refractivity contribution in [2.75, 3.05) is 11.9 Å². The summed E-state index contributed by atoms with van der Waals surface area (Å²) in [6, 6.07) is 3.42. The zero-order chi connectivity index (χ0) is 11.1. The van der Waals surface area contributed by atoms with Crippen LogP contribution in [0.2, 0.25) is 0 Å². The first-order valence-electron chi connectivity index (χ1n) is 4.69. The first kappa shape index (κ1) is 11.2. The van der Waals surface area contributed by atoms with Gasteiger partial charge in [-0.25, -0.2) is 0 Å². The van der Waals surface area contributed by atoms with Crippen LogP contribution in [-0.4, -0.2) is 23.3 Å². The molecule has 5 heteroatoms. The lowest BCUT2D eigenvalue weighted by molar-refractivity contribution is -0.126. The standard InChI is InChI=1S/C10H13N3O2/c1-2-12-9(14)6-10(15)13-8-4-3-5-11-7-8/h3-5,7H,2,6H2,1H3,(H,12,14)(H,13,15). The number of carbonyl (C=O) groups is 2. The van der Waals surface area contributed by atoms with Gasteiger partial charge in [-0.1, -0.05) is 0 Å². The fourth-order valence-corrected chi connectivity index (χ4v) is 1.05. The normalized spacial score (nSPS) is 9.40. The second-order valence-electron chi connectivity index (χ2n) is 2.92. The van der Waals surface area contributed by atoms with Crippen molar-refractivity contribution in [3.8, 4) is 0 Å². The summed E-state index contributed by atoms with van der Waals surface area (Å²) in [5.74, 6) is -0.618. The second-order valence-corrected chi connectivity index (χ2v) is 2.92. The monoisotopic (exact) mass is 207 g/mol. The third-order valence-corrected chi connectivity index (χ3v) is 1.64. The van der Waals surface area contributed by atoms with Gasteiger partial charge in [0, 0.05) is 12.7 Å². The lowest BCUT2D eigenvalue weighted by atomic mass is 10.3. The smallest absolute Gasteiger partial charge is 0.233 e. The molecule has 80 valence electrons. The Morgan fingerprint density at radius 1 is 1.40 bits per heavy atom. The van der Waals surface area contributed by atoms with Crippen molar-refractivity contribution in [2.24, 2.45) is 0 Å². The van der Waals surface area contributed by atoms with E-state index in [1.54, 1.807) is 25.3 Å². The van der Waals surface area contributed by atoms with Crippen molar-refractivity contribution in [3.05, 3.63) is 24.5 Å². The summed E-state index contributed by atoms with van der Waals surface area (Å²) in [4.78, 5) is 26.2. The Hall–Kier alpha value is -1.91. The predicted octanol–water partition coefficient (Wildman–Crippen LogP) is 0.546. The molecule has 5 nitrogen and oxygen atoms in total. The average molecular weight is 207 g/mol. The fraction of sp³-hybridized carbons (Fsp3) is 0.300. The first-order valence-corrected chi connectivity index (χ1v) is 4.69. The minimum atomic E-state index is -0.339. The molecule has 1 aromatic heterocycles. The Kier molecular flexibility index (Phi) is 4.28. The van der Waals surface area contributed by atoms with Gasteiger partial charge in [0.2, 0.25) is 11.8 Å². The van der Waals surface area contributed by atoms with Crippen molar-refractivity contribution in [1.29, 1.82) is 0 Å². The predicted molar refractivity (Wildman–Crippen MR) is 56.2 cm³/mol. The number of nitrogens with zero attached hydrogens (tertiary/aromatic N) is 1. The summed E-state index contributed by atoms with van der Waals surface area (Å²) in [6.45, 7) is 2.33. The molecule has 0 atom stereocenters. The van der Waals surface area contributed by atoms with Crippen LogP contribution in [0, 0.1) is 0 Å². The Morgan fingerprint density at radius 2 is 2.20 bits per heavy atom. The summed E-state index contributed by atoms with van der Waals surface area (Å²) in [5.41, 5.74) is 0.590. The van der Waals surface area contributed by atoms with Crippen LogP contribution in [0.25, 0.3) is 0 Å². The van der Waals surface area contributed by atoms with E-state index in [0.717, 1.165) is 0 Å². The minimum absolute atomic E-state index is 0.164. The van der Waals surface area contributed by atoms with Crippen LogP contribution >= 0.6 is 0 Å². The maximum atomic E-state index is 11.3. The average Bonchev–Trinajstić information content (AvgIpc) is 2.19. The van der Waals surface area contributed by atoms with Gasteiger partial charge in [0.15, 0.2) is 0 Å². The van der Waals surface area contributed by atoms with Gasteiger partial charge in [-0.2, -0.15) is 0 Å². The van der Waals surface area contributed by atoms with E-state index in [1.807, 2.05) is 0 Å². The highest BCUT2D eigenvalue weighted by atomic mass is 16.2. The lowest BCUT2D eigenvalue weighted by Crippen LogP contribution is -2.27. The summed E-state index contributed by atoms with van der Waals surface area (Å²) < 4.78 is 0. The second kappa shape index (κ2) is 5.74. The van der Waals surface area contributed by atoms with Gasteiger partial charge in [-0.05, 0) is 19.1 Å². The van der Waals surface area contributed by atoms with E-state index in [1.165, 1.54) is 6.20 Å². The Balaban J connectivity index is 2.40. The lowest BCUT2D eigenvalue weighted by Gasteiger charge is -2.04. The molecule has 0 fully saturated rings. The SMILES string of the molecule is CCNC(=O)CC(=O)Nc1cccnc1. The van der Waals surface area contributed by atoms with E-state index in [-0.39, 0.29) is 18.2 Å². The number of anilines is 1. The van der Waals surface area contributed by atoms with Crippen molar-refractivity contribution in [3.63, 3.8) is 0 Å². The van der Waals surface area contributed by atoms with Gasteiger partial charge in [0.25, 0.3) is 0 Å². The molecule has 0 aliphatic rings. The summed E-state index contributed by atoms with van der Waals surface area (Å²) in [6.07, 6.45) is 2.97. The zero-order valence-electron chi connectivity index (χ0n) is 8.49.